The van der Waals surface area contributed by atoms with Crippen molar-refractivity contribution in [2.45, 2.75) is 19.0 Å². The minimum absolute atomic E-state index is 0.181. The number of hydrogen-bond donors (Lipinski definition) is 1. The Bertz CT molecular complexity index is 1270. The number of benzene rings is 2. The fourth-order valence-corrected chi connectivity index (χ4v) is 4.58. The number of hydrogen-bond acceptors (Lipinski definition) is 5. The van der Waals surface area contributed by atoms with Crippen molar-refractivity contribution in [2.24, 2.45) is 0 Å². The van der Waals surface area contributed by atoms with E-state index in [1.165, 1.54) is 0 Å². The summed E-state index contributed by atoms with van der Waals surface area (Å²) in [5.74, 6) is 3.16. The van der Waals surface area contributed by atoms with Gasteiger partial charge in [-0.2, -0.15) is 0 Å². The van der Waals surface area contributed by atoms with Gasteiger partial charge in [-0.3, -0.25) is 4.98 Å². The van der Waals surface area contributed by atoms with Gasteiger partial charge in [0.1, 0.15) is 29.1 Å². The molecule has 0 spiro atoms. The van der Waals surface area contributed by atoms with Gasteiger partial charge in [-0.1, -0.05) is 12.1 Å². The number of ether oxygens (including phenoxy) is 2. The van der Waals surface area contributed by atoms with Crippen LogP contribution in [-0.2, 0) is 0 Å². The number of methoxy groups -OCH3 is 1. The second-order valence-corrected chi connectivity index (χ2v) is 8.24. The zero-order valence-corrected chi connectivity index (χ0v) is 19.8. The van der Waals surface area contributed by atoms with Gasteiger partial charge in [0.05, 0.1) is 25.5 Å². The molecule has 2 aromatic heterocycles. The van der Waals surface area contributed by atoms with Gasteiger partial charge >= 0.3 is 0 Å². The topological polar surface area (TPSA) is 59.8 Å². The van der Waals surface area contributed by atoms with Crippen molar-refractivity contribution in [3.63, 3.8) is 0 Å². The summed E-state index contributed by atoms with van der Waals surface area (Å²) in [6.07, 6.45) is 1.79. The van der Waals surface area contributed by atoms with Crippen molar-refractivity contribution in [3.05, 3.63) is 96.5 Å². The number of nitrogens with one attached hydrogen (secondary N) is 1. The molecule has 1 saturated heterocycles. The van der Waals surface area contributed by atoms with Crippen molar-refractivity contribution >= 4 is 23.0 Å². The largest absolute Gasteiger partial charge is 0.497 e. The summed E-state index contributed by atoms with van der Waals surface area (Å²) in [6, 6.07) is 25.2. The van der Waals surface area contributed by atoms with Crippen LogP contribution in [0.3, 0.4) is 0 Å². The molecular weight excluding hydrogens is 446 g/mol. The van der Waals surface area contributed by atoms with Gasteiger partial charge in [-0.25, -0.2) is 0 Å². The number of furan rings is 1. The minimum atomic E-state index is -0.231. The molecule has 6 nitrogen and oxygen atoms in total. The van der Waals surface area contributed by atoms with Gasteiger partial charge in [-0.15, -0.1) is 0 Å². The molecule has 1 N–H and O–H groups in total. The van der Waals surface area contributed by atoms with E-state index >= 15 is 0 Å². The lowest BCUT2D eigenvalue weighted by Gasteiger charge is -2.26. The van der Waals surface area contributed by atoms with Crippen molar-refractivity contribution in [3.8, 4) is 22.8 Å². The Hall–Kier alpha value is -3.84. The number of anilines is 1. The minimum Gasteiger partial charge on any atom is -0.497 e. The van der Waals surface area contributed by atoms with Gasteiger partial charge in [-0.05, 0) is 79.8 Å². The lowest BCUT2D eigenvalue weighted by Crippen LogP contribution is -2.29. The first-order valence-electron chi connectivity index (χ1n) is 11.2. The van der Waals surface area contributed by atoms with E-state index in [0.29, 0.717) is 11.7 Å². The van der Waals surface area contributed by atoms with Crippen LogP contribution in [-0.4, -0.2) is 23.8 Å². The first kappa shape index (κ1) is 22.0. The Morgan fingerprint density at radius 3 is 2.59 bits per heavy atom. The van der Waals surface area contributed by atoms with Crippen molar-refractivity contribution in [2.75, 3.05) is 18.6 Å². The van der Waals surface area contributed by atoms with E-state index in [1.807, 2.05) is 85.8 Å². The summed E-state index contributed by atoms with van der Waals surface area (Å²) in [5, 5.41) is 4.06. The van der Waals surface area contributed by atoms with E-state index < -0.39 is 0 Å². The number of nitrogens with zero attached hydrogens (tertiary/aromatic N) is 2. The highest BCUT2D eigenvalue weighted by molar-refractivity contribution is 7.80. The maximum atomic E-state index is 6.42. The molecule has 2 aromatic carbocycles. The summed E-state index contributed by atoms with van der Waals surface area (Å²) >= 11 is 5.79. The van der Waals surface area contributed by atoms with E-state index in [4.69, 9.17) is 26.1 Å². The third-order valence-electron chi connectivity index (χ3n) is 5.80. The van der Waals surface area contributed by atoms with Crippen molar-refractivity contribution < 1.29 is 13.9 Å². The molecule has 1 fully saturated rings. The Labute approximate surface area is 204 Å². The van der Waals surface area contributed by atoms with Crippen molar-refractivity contribution in [1.82, 2.24) is 10.3 Å². The lowest BCUT2D eigenvalue weighted by molar-refractivity contribution is 0.340. The van der Waals surface area contributed by atoms with Crippen LogP contribution >= 0.6 is 12.2 Å². The summed E-state index contributed by atoms with van der Waals surface area (Å²) in [6.45, 7) is 2.60. The van der Waals surface area contributed by atoms with E-state index in [-0.39, 0.29) is 12.1 Å². The molecule has 2 atom stereocenters. The molecule has 4 aromatic rings. The summed E-state index contributed by atoms with van der Waals surface area (Å²) < 4.78 is 17.4. The SMILES string of the molecule is CCOc1ccc(-c2ccc([C@H]3[C@@H](c4ccccn4)NC(=S)N3c3cccc(OC)c3)o2)cc1. The number of rotatable bonds is 7. The van der Waals surface area contributed by atoms with Gasteiger partial charge in [0.15, 0.2) is 5.11 Å². The van der Waals surface area contributed by atoms with Crippen molar-refractivity contribution in [1.29, 1.82) is 0 Å². The third-order valence-corrected chi connectivity index (χ3v) is 6.11. The third kappa shape index (κ3) is 4.22. The summed E-state index contributed by atoms with van der Waals surface area (Å²) in [7, 11) is 1.66. The molecule has 0 saturated carbocycles. The standard InChI is InChI=1S/C27H25N3O3S/c1-3-32-20-12-10-18(11-13-20)23-14-15-24(33-23)26-25(22-9-4-5-16-28-22)29-27(34)30(26)19-7-6-8-21(17-19)31-2/h4-17,25-26H,3H2,1-2H3,(H,29,34)/t25-,26+/m1/s1. The molecule has 0 aliphatic carbocycles. The normalized spacial score (nSPS) is 17.5. The molecule has 0 bridgehead atoms. The highest BCUT2D eigenvalue weighted by atomic mass is 32.1. The highest BCUT2D eigenvalue weighted by Crippen LogP contribution is 2.43. The Morgan fingerprint density at radius 1 is 1.00 bits per heavy atom. The second kappa shape index (κ2) is 9.57. The molecule has 1 aliphatic heterocycles. The van der Waals surface area contributed by atoms with Gasteiger partial charge in [0.2, 0.25) is 0 Å². The molecule has 7 heteroatoms. The van der Waals surface area contributed by atoms with E-state index in [0.717, 1.165) is 40.0 Å². The maximum Gasteiger partial charge on any atom is 0.174 e. The number of thiocarbonyl (C=S) groups is 1. The molecule has 1 aliphatic rings. The zero-order valence-electron chi connectivity index (χ0n) is 19.0. The monoisotopic (exact) mass is 471 g/mol. The Kier molecular flexibility index (Phi) is 6.18. The van der Waals surface area contributed by atoms with Crippen LogP contribution in [0.4, 0.5) is 5.69 Å². The van der Waals surface area contributed by atoms with Crippen LogP contribution in [0, 0.1) is 0 Å². The van der Waals surface area contributed by atoms with E-state index in [9.17, 15) is 0 Å². The second-order valence-electron chi connectivity index (χ2n) is 7.86. The van der Waals surface area contributed by atoms with Crippen LogP contribution in [0.15, 0.2) is 89.5 Å². The van der Waals surface area contributed by atoms with E-state index in [1.54, 1.807) is 13.3 Å². The van der Waals surface area contributed by atoms with Gasteiger partial charge in [0.25, 0.3) is 0 Å². The summed E-state index contributed by atoms with van der Waals surface area (Å²) in [4.78, 5) is 6.66. The van der Waals surface area contributed by atoms with Crippen LogP contribution in [0.25, 0.3) is 11.3 Å². The average molecular weight is 472 g/mol. The Morgan fingerprint density at radius 2 is 1.85 bits per heavy atom. The molecule has 0 amide bonds. The average Bonchev–Trinajstić information content (AvgIpc) is 3.50. The predicted octanol–water partition coefficient (Wildman–Crippen LogP) is 5.93. The molecule has 0 unspecified atom stereocenters. The lowest BCUT2D eigenvalue weighted by atomic mass is 10.0. The molecule has 5 rings (SSSR count). The molecule has 172 valence electrons. The quantitative estimate of drug-likeness (QED) is 0.335. The Balaban J connectivity index is 1.55. The molecular formula is C27H25N3O3S. The highest BCUT2D eigenvalue weighted by Gasteiger charge is 2.42. The van der Waals surface area contributed by atoms with Gasteiger partial charge < -0.3 is 24.1 Å². The van der Waals surface area contributed by atoms with E-state index in [2.05, 4.69) is 15.2 Å². The molecule has 3 heterocycles. The fraction of sp³-hybridized carbons (Fsp3) is 0.185. The number of aromatic nitrogens is 1. The summed E-state index contributed by atoms with van der Waals surface area (Å²) in [5.41, 5.74) is 2.78. The maximum absolute atomic E-state index is 6.42. The van der Waals surface area contributed by atoms with Crippen LogP contribution in [0.1, 0.15) is 30.5 Å². The first-order valence-corrected chi connectivity index (χ1v) is 11.6. The molecule has 34 heavy (non-hydrogen) atoms. The van der Waals surface area contributed by atoms with Gasteiger partial charge in [0, 0.05) is 23.5 Å². The van der Waals surface area contributed by atoms with Crippen LogP contribution in [0.2, 0.25) is 0 Å². The fourth-order valence-electron chi connectivity index (χ4n) is 4.23. The van der Waals surface area contributed by atoms with Crippen LogP contribution < -0.4 is 19.7 Å². The smallest absolute Gasteiger partial charge is 0.174 e. The number of pyridine rings is 1. The molecule has 0 radical (unpaired) electrons. The van der Waals surface area contributed by atoms with Crippen LogP contribution in [0.5, 0.6) is 11.5 Å². The predicted molar refractivity (Wildman–Crippen MR) is 136 cm³/mol. The first-order chi connectivity index (χ1) is 16.7. The zero-order chi connectivity index (χ0) is 23.5.